The number of aromatic hydroxyl groups is 2. The van der Waals surface area contributed by atoms with E-state index < -0.39 is 115 Å². The highest BCUT2D eigenvalue weighted by Gasteiger charge is 2.50. The average molecular weight is 648 g/mol. The topological polar surface area (TPSA) is 240 Å². The highest BCUT2D eigenvalue weighted by molar-refractivity contribution is 7.75. The number of nitrogens with two attached hydrogens (primary N) is 1. The van der Waals surface area contributed by atoms with E-state index in [1.807, 2.05) is 0 Å². The van der Waals surface area contributed by atoms with Crippen molar-refractivity contribution in [1.82, 2.24) is 0 Å². The molecule has 0 saturated carbocycles. The molecule has 0 spiro atoms. The highest BCUT2D eigenvalue weighted by atomic mass is 31.2. The number of ketones is 3. The van der Waals surface area contributed by atoms with E-state index in [9.17, 15) is 49.3 Å². The van der Waals surface area contributed by atoms with Crippen molar-refractivity contribution in [2.45, 2.75) is 76.0 Å². The van der Waals surface area contributed by atoms with Gasteiger partial charge < -0.3 is 45.3 Å². The van der Waals surface area contributed by atoms with Gasteiger partial charge >= 0.3 is 0 Å². The number of aliphatic hydroxyl groups is 3. The van der Waals surface area contributed by atoms with Crippen molar-refractivity contribution in [3.05, 3.63) is 57.1 Å². The molecule has 1 aliphatic heterocycles. The fourth-order valence-corrected chi connectivity index (χ4v) is 6.62. The van der Waals surface area contributed by atoms with E-state index in [1.165, 1.54) is 18.2 Å². The molecule has 0 aromatic heterocycles. The van der Waals surface area contributed by atoms with E-state index in [4.69, 9.17) is 19.7 Å². The van der Waals surface area contributed by atoms with Crippen LogP contribution in [0.25, 0.3) is 0 Å². The maximum atomic E-state index is 13.8. The summed E-state index contributed by atoms with van der Waals surface area (Å²) in [6, 6.07) is 3.41. The van der Waals surface area contributed by atoms with Crippen LogP contribution in [0.4, 0.5) is 0 Å². The van der Waals surface area contributed by atoms with Crippen molar-refractivity contribution in [1.29, 1.82) is 0 Å². The van der Waals surface area contributed by atoms with Gasteiger partial charge in [-0.15, -0.1) is 0 Å². The Morgan fingerprint density at radius 1 is 1.13 bits per heavy atom. The van der Waals surface area contributed by atoms with Crippen LogP contribution >= 0.6 is 7.37 Å². The van der Waals surface area contributed by atoms with Gasteiger partial charge in [-0.3, -0.25) is 23.7 Å². The van der Waals surface area contributed by atoms with Gasteiger partial charge in [0.25, 0.3) is 7.37 Å². The second-order valence-electron chi connectivity index (χ2n) is 11.8. The van der Waals surface area contributed by atoms with Gasteiger partial charge in [-0.05, 0) is 12.5 Å². The Kier molecular flexibility index (Phi) is 8.66. The fourth-order valence-electron chi connectivity index (χ4n) is 6.07. The van der Waals surface area contributed by atoms with Crippen LogP contribution in [-0.2, 0) is 41.2 Å². The smallest absolute Gasteiger partial charge is 0.263 e. The second-order valence-corrected chi connectivity index (χ2v) is 14.3. The third-order valence-electron chi connectivity index (χ3n) is 8.75. The first-order chi connectivity index (χ1) is 21.0. The lowest BCUT2D eigenvalue weighted by Crippen LogP contribution is -2.53. The molecule has 3 aliphatic rings. The van der Waals surface area contributed by atoms with Crippen LogP contribution in [0.2, 0.25) is 0 Å². The number of phenols is 2. The lowest BCUT2D eigenvalue weighted by molar-refractivity contribution is -0.247. The SMILES string of the molecule is CC(=O)P(C)(=O)OCC(=O)[C@]1(O)Cc2c(O)c3c(c(O)c2[C@@H](OC2CC(N)C(O)C(C)O2)C1)C(=O)c1c(CO)cccc1C3=O. The van der Waals surface area contributed by atoms with E-state index >= 15 is 0 Å². The van der Waals surface area contributed by atoms with Crippen LogP contribution in [-0.4, -0.2) is 91.8 Å². The molecule has 7 atom stereocenters. The Bertz CT molecular complexity index is 1660. The zero-order valence-electron chi connectivity index (χ0n) is 24.7. The zero-order valence-corrected chi connectivity index (χ0v) is 25.6. The summed E-state index contributed by atoms with van der Waals surface area (Å²) in [6.45, 7) is 2.05. The molecule has 5 unspecified atom stereocenters. The number of Topliss-reactive ketones (excluding diaryl/α,β-unsaturated/α-hetero) is 1. The van der Waals surface area contributed by atoms with E-state index in [0.29, 0.717) is 0 Å². The van der Waals surface area contributed by atoms with E-state index in [1.54, 1.807) is 6.92 Å². The Morgan fingerprint density at radius 3 is 2.42 bits per heavy atom. The van der Waals surface area contributed by atoms with Crippen molar-refractivity contribution in [3.63, 3.8) is 0 Å². The lowest BCUT2D eigenvalue weighted by Gasteiger charge is -2.42. The van der Waals surface area contributed by atoms with Crippen LogP contribution < -0.4 is 5.73 Å². The Morgan fingerprint density at radius 2 is 1.80 bits per heavy atom. The van der Waals surface area contributed by atoms with Gasteiger partial charge in [-0.1, -0.05) is 18.2 Å². The second kappa shape index (κ2) is 11.8. The number of phenolic OH excluding ortho intramolecular Hbond substituents is 2. The predicted molar refractivity (Wildman–Crippen MR) is 154 cm³/mol. The molecular weight excluding hydrogens is 613 g/mol. The van der Waals surface area contributed by atoms with Crippen molar-refractivity contribution in [2.75, 3.05) is 13.3 Å². The molecule has 2 aliphatic carbocycles. The molecule has 14 nitrogen and oxygen atoms in total. The summed E-state index contributed by atoms with van der Waals surface area (Å²) in [5, 5.41) is 54.9. The Labute approximate surface area is 257 Å². The number of benzene rings is 2. The molecule has 5 rings (SSSR count). The summed E-state index contributed by atoms with van der Waals surface area (Å²) in [6.07, 6.45) is -5.75. The number of hydrogen-bond acceptors (Lipinski definition) is 14. The minimum Gasteiger partial charge on any atom is -0.507 e. The van der Waals surface area contributed by atoms with Crippen LogP contribution in [0, 0.1) is 0 Å². The van der Waals surface area contributed by atoms with Gasteiger partial charge in [0.1, 0.15) is 23.7 Å². The average Bonchev–Trinajstić information content (AvgIpc) is 2.98. The zero-order chi connectivity index (χ0) is 33.2. The van der Waals surface area contributed by atoms with Gasteiger partial charge in [0.2, 0.25) is 5.52 Å². The molecule has 0 bridgehead atoms. The third-order valence-corrected chi connectivity index (χ3v) is 10.5. The minimum absolute atomic E-state index is 0.0488. The van der Waals surface area contributed by atoms with Crippen LogP contribution in [0.1, 0.15) is 81.3 Å². The predicted octanol–water partition coefficient (Wildman–Crippen LogP) is 0.964. The summed E-state index contributed by atoms with van der Waals surface area (Å²) in [4.78, 5) is 52.5. The molecule has 1 saturated heterocycles. The summed E-state index contributed by atoms with van der Waals surface area (Å²) in [5.74, 6) is -4.25. The maximum absolute atomic E-state index is 13.8. The largest absolute Gasteiger partial charge is 0.507 e. The van der Waals surface area contributed by atoms with Gasteiger partial charge in [0.05, 0.1) is 36.0 Å². The van der Waals surface area contributed by atoms with Crippen molar-refractivity contribution in [2.24, 2.45) is 5.73 Å². The molecule has 0 amide bonds. The van der Waals surface area contributed by atoms with E-state index in [2.05, 4.69) is 0 Å². The number of aliphatic hydroxyl groups excluding tert-OH is 2. The quantitative estimate of drug-likeness (QED) is 0.148. The van der Waals surface area contributed by atoms with Crippen LogP contribution in [0.3, 0.4) is 0 Å². The van der Waals surface area contributed by atoms with Crippen LogP contribution in [0.15, 0.2) is 18.2 Å². The molecule has 7 N–H and O–H groups in total. The molecular formula is C30H34NO13P. The summed E-state index contributed by atoms with van der Waals surface area (Å²) < 4.78 is 29.3. The maximum Gasteiger partial charge on any atom is 0.263 e. The minimum atomic E-state index is -3.86. The van der Waals surface area contributed by atoms with E-state index in [0.717, 1.165) is 13.6 Å². The summed E-state index contributed by atoms with van der Waals surface area (Å²) in [5.41, 5.74) is 1.09. The van der Waals surface area contributed by atoms with Gasteiger partial charge in [-0.25, -0.2) is 0 Å². The molecule has 2 aromatic carbocycles. The van der Waals surface area contributed by atoms with Crippen molar-refractivity contribution in [3.8, 4) is 11.5 Å². The van der Waals surface area contributed by atoms with Crippen molar-refractivity contribution >= 4 is 30.2 Å². The normalized spacial score (nSPS) is 28.9. The first kappa shape index (κ1) is 33.0. The van der Waals surface area contributed by atoms with Gasteiger partial charge in [0, 0.05) is 61.1 Å². The molecule has 242 valence electrons. The number of ether oxygens (including phenoxy) is 2. The lowest BCUT2D eigenvalue weighted by atomic mass is 9.71. The number of rotatable bonds is 8. The number of hydrogen-bond donors (Lipinski definition) is 6. The number of carbonyl (C=O) groups is 4. The van der Waals surface area contributed by atoms with Crippen molar-refractivity contribution < 1.29 is 63.3 Å². The monoisotopic (exact) mass is 647 g/mol. The molecule has 1 heterocycles. The standard InChI is InChI=1S/C30H34NO13P/c1-12-25(35)17(31)7-20(43-12)44-18-9-30(40,19(34)11-42-45(3,41)13(2)33)8-16-22(18)29(39)24-23(27(16)37)26(36)15-6-4-5-14(10-32)21(15)28(24)38/h4-6,12,17-18,20,25,32,35,37,39-40H,7-11,31H2,1-3H3/t12?,17?,18-,20?,25?,30-,45?/m0/s1. The van der Waals surface area contributed by atoms with E-state index in [-0.39, 0.29) is 34.2 Å². The number of carbonyl (C=O) groups excluding carboxylic acids is 4. The third kappa shape index (κ3) is 5.55. The number of fused-ring (bicyclic) bond motifs is 3. The molecule has 15 heteroatoms. The first-order valence-corrected chi connectivity index (χ1v) is 16.3. The molecule has 2 aromatic rings. The highest BCUT2D eigenvalue weighted by Crippen LogP contribution is 2.52. The first-order valence-electron chi connectivity index (χ1n) is 14.2. The summed E-state index contributed by atoms with van der Waals surface area (Å²) >= 11 is 0. The van der Waals surface area contributed by atoms with Crippen LogP contribution in [0.5, 0.6) is 11.5 Å². The summed E-state index contributed by atoms with van der Waals surface area (Å²) in [7, 11) is -3.86. The molecule has 0 radical (unpaired) electrons. The molecule has 45 heavy (non-hydrogen) atoms. The Hall–Kier alpha value is -3.33. The van der Waals surface area contributed by atoms with Gasteiger partial charge in [-0.2, -0.15) is 0 Å². The Balaban J connectivity index is 1.64. The van der Waals surface area contributed by atoms with Gasteiger partial charge in [0.15, 0.2) is 23.6 Å². The molecule has 1 fully saturated rings. The fraction of sp³-hybridized carbons (Fsp3) is 0.467.